The Morgan fingerprint density at radius 1 is 0.895 bits per heavy atom. The lowest BCUT2D eigenvalue weighted by Gasteiger charge is -1.86. The molecule has 0 aromatic heterocycles. The molecule has 0 amide bonds. The maximum absolute atomic E-state index is 7.92. The average molecular weight is 266 g/mol. The molecule has 0 unspecified atom stereocenters. The highest BCUT2D eigenvalue weighted by Gasteiger charge is 1.83. The predicted molar refractivity (Wildman–Crippen MR) is 74.0 cm³/mol. The molecule has 19 heavy (non-hydrogen) atoms. The Morgan fingerprint density at radius 2 is 1.26 bits per heavy atom. The molecule has 0 aliphatic carbocycles. The second kappa shape index (κ2) is 20.1. The van der Waals surface area contributed by atoms with Crippen molar-refractivity contribution in [1.82, 2.24) is 0 Å². The molecule has 0 saturated carbocycles. The van der Waals surface area contributed by atoms with E-state index in [2.05, 4.69) is 20.7 Å². The zero-order valence-electron chi connectivity index (χ0n) is 9.99. The molecule has 0 spiro atoms. The Bertz CT molecular complexity index is 417. The van der Waals surface area contributed by atoms with Crippen LogP contribution in [0.25, 0.3) is 0 Å². The number of hydrogen-bond donors (Lipinski definition) is 4. The lowest BCUT2D eigenvalue weighted by Crippen LogP contribution is -2.15. The highest BCUT2D eigenvalue weighted by Crippen LogP contribution is 1.70. The van der Waals surface area contributed by atoms with Gasteiger partial charge in [0, 0.05) is 0 Å². The van der Waals surface area contributed by atoms with Crippen LogP contribution in [0.3, 0.4) is 0 Å². The summed E-state index contributed by atoms with van der Waals surface area (Å²) in [6, 6.07) is 0. The number of amidine groups is 2. The van der Waals surface area contributed by atoms with Crippen LogP contribution in [0.4, 0.5) is 0 Å². The second-order valence-electron chi connectivity index (χ2n) is 2.31. The first-order chi connectivity index (χ1) is 8.35. The van der Waals surface area contributed by atoms with Gasteiger partial charge in [0.25, 0.3) is 0 Å². The van der Waals surface area contributed by atoms with E-state index < -0.39 is 0 Å². The molecular formula is C9H18N10. The molecule has 0 aliphatic heterocycles. The van der Waals surface area contributed by atoms with Crippen LogP contribution in [0.1, 0.15) is 21.3 Å². The second-order valence-corrected chi connectivity index (χ2v) is 2.31. The minimum Gasteiger partial charge on any atom is -0.387 e. The Kier molecular flexibility index (Phi) is 26.3. The van der Waals surface area contributed by atoms with Crippen LogP contribution < -0.4 is 22.9 Å². The van der Waals surface area contributed by atoms with Gasteiger partial charge in [-0.1, -0.05) is 7.43 Å². The smallest absolute Gasteiger partial charge is 0.232 e. The van der Waals surface area contributed by atoms with Crippen molar-refractivity contribution in [2.45, 2.75) is 21.3 Å². The largest absolute Gasteiger partial charge is 0.387 e. The van der Waals surface area contributed by atoms with Crippen molar-refractivity contribution in [3.05, 3.63) is 0 Å². The molecule has 0 bridgehead atoms. The molecule has 10 heteroatoms. The zero-order chi connectivity index (χ0) is 15.0. The molecule has 0 rings (SSSR count). The highest BCUT2D eigenvalue weighted by molar-refractivity contribution is 5.93. The fraction of sp³-hybridized carbons (Fsp3) is 0.333. The standard InChI is InChI=1S/C4H7N5.C3H5N3.CH2N2.CH4/c1-3(6)9-4(7)8-2-5;1-3(5)6-2-4;2-1-3;/h1H3,(H4,6,7,8,9);1H3,(H2,5,6);2H2;1H4. The van der Waals surface area contributed by atoms with Crippen LogP contribution in [0.2, 0.25) is 0 Å². The molecule has 0 aromatic rings. The summed E-state index contributed by atoms with van der Waals surface area (Å²) in [6.45, 7) is 3.11. The number of nitriles is 3. The summed E-state index contributed by atoms with van der Waals surface area (Å²) >= 11 is 0. The minimum absolute atomic E-state index is 0. The van der Waals surface area contributed by atoms with Crippen molar-refractivity contribution >= 4 is 17.6 Å². The molecule has 0 atom stereocenters. The van der Waals surface area contributed by atoms with Crippen LogP contribution >= 0.6 is 0 Å². The van der Waals surface area contributed by atoms with Gasteiger partial charge < -0.3 is 22.9 Å². The Hall–Kier alpha value is -3.32. The van der Waals surface area contributed by atoms with Crippen molar-refractivity contribution in [3.8, 4) is 18.6 Å². The van der Waals surface area contributed by atoms with Gasteiger partial charge in [0.05, 0.1) is 5.84 Å². The number of aliphatic imine (C=N–C) groups is 3. The van der Waals surface area contributed by atoms with Crippen LogP contribution in [0, 0.1) is 34.4 Å². The molecule has 0 radical (unpaired) electrons. The number of guanidine groups is 1. The van der Waals surface area contributed by atoms with Crippen molar-refractivity contribution in [2.75, 3.05) is 0 Å². The fourth-order valence-electron chi connectivity index (χ4n) is 0.336. The maximum Gasteiger partial charge on any atom is 0.232 e. The number of rotatable bonds is 0. The van der Waals surface area contributed by atoms with Gasteiger partial charge in [0.15, 0.2) is 6.19 Å². The maximum atomic E-state index is 7.92. The van der Waals surface area contributed by atoms with Gasteiger partial charge in [-0.05, 0) is 13.8 Å². The Balaban J connectivity index is -0.0000000982. The van der Waals surface area contributed by atoms with Crippen molar-refractivity contribution in [2.24, 2.45) is 37.9 Å². The number of nitrogens with zero attached hydrogens (tertiary/aromatic N) is 6. The zero-order valence-corrected chi connectivity index (χ0v) is 9.99. The summed E-state index contributed by atoms with van der Waals surface area (Å²) in [5.74, 6) is 0.474. The van der Waals surface area contributed by atoms with Crippen LogP contribution in [0.5, 0.6) is 0 Å². The molecular weight excluding hydrogens is 248 g/mol. The van der Waals surface area contributed by atoms with Crippen LogP contribution in [-0.4, -0.2) is 17.6 Å². The molecule has 0 aromatic carbocycles. The van der Waals surface area contributed by atoms with E-state index in [0.717, 1.165) is 0 Å². The van der Waals surface area contributed by atoms with Gasteiger partial charge in [-0.15, -0.1) is 4.99 Å². The Labute approximate surface area is 112 Å². The van der Waals surface area contributed by atoms with Gasteiger partial charge >= 0.3 is 0 Å². The molecule has 8 N–H and O–H groups in total. The van der Waals surface area contributed by atoms with E-state index in [0.29, 0.717) is 5.84 Å². The van der Waals surface area contributed by atoms with Crippen molar-refractivity contribution < 1.29 is 0 Å². The monoisotopic (exact) mass is 266 g/mol. The quantitative estimate of drug-likeness (QED) is 0.187. The summed E-state index contributed by atoms with van der Waals surface area (Å²) in [5, 5.41) is 22.7. The lowest BCUT2D eigenvalue weighted by atomic mass is 10.7. The molecule has 0 saturated heterocycles. The van der Waals surface area contributed by atoms with E-state index in [9.17, 15) is 0 Å². The summed E-state index contributed by atoms with van der Waals surface area (Å²) in [6.07, 6.45) is 4.25. The van der Waals surface area contributed by atoms with E-state index in [-0.39, 0.29) is 19.2 Å². The van der Waals surface area contributed by atoms with E-state index in [1.807, 2.05) is 0 Å². The van der Waals surface area contributed by atoms with Gasteiger partial charge in [0.1, 0.15) is 5.84 Å². The van der Waals surface area contributed by atoms with Gasteiger partial charge in [-0.2, -0.15) is 20.8 Å². The van der Waals surface area contributed by atoms with Gasteiger partial charge in [0.2, 0.25) is 18.3 Å². The van der Waals surface area contributed by atoms with Crippen LogP contribution in [0.15, 0.2) is 15.0 Å². The summed E-state index contributed by atoms with van der Waals surface area (Å²) in [7, 11) is 0. The van der Waals surface area contributed by atoms with E-state index in [1.54, 1.807) is 13.8 Å². The first-order valence-electron chi connectivity index (χ1n) is 4.17. The topological polar surface area (TPSA) is 213 Å². The van der Waals surface area contributed by atoms with E-state index >= 15 is 0 Å². The molecule has 104 valence electrons. The van der Waals surface area contributed by atoms with E-state index in [1.165, 1.54) is 18.6 Å². The third kappa shape index (κ3) is 52.9. The number of hydrogen-bond acceptors (Lipinski definition) is 6. The fourth-order valence-corrected chi connectivity index (χ4v) is 0.336. The molecule has 0 heterocycles. The predicted octanol–water partition coefficient (Wildman–Crippen LogP) is -0.934. The molecule has 0 fully saturated rings. The molecule has 10 nitrogen and oxygen atoms in total. The minimum atomic E-state index is -0.113. The van der Waals surface area contributed by atoms with Gasteiger partial charge in [-0.25, -0.2) is 4.99 Å². The lowest BCUT2D eigenvalue weighted by molar-refractivity contribution is 1.37. The third-order valence-electron chi connectivity index (χ3n) is 0.682. The SMILES string of the molecule is C.CC(N)=NC#N.CC(N)=NC(N)=NC#N.N#CN. The average Bonchev–Trinajstić information content (AvgIpc) is 2.18. The first kappa shape index (κ1) is 24.8. The summed E-state index contributed by atoms with van der Waals surface area (Å²) in [5.41, 5.74) is 19.2. The number of nitrogens with two attached hydrogens (primary N) is 4. The van der Waals surface area contributed by atoms with Crippen LogP contribution in [-0.2, 0) is 0 Å². The van der Waals surface area contributed by atoms with Crippen molar-refractivity contribution in [1.29, 1.82) is 15.8 Å². The van der Waals surface area contributed by atoms with E-state index in [4.69, 9.17) is 33.0 Å². The molecule has 0 aliphatic rings. The first-order valence-corrected chi connectivity index (χ1v) is 4.17. The Morgan fingerprint density at radius 3 is 1.42 bits per heavy atom. The van der Waals surface area contributed by atoms with Crippen molar-refractivity contribution in [3.63, 3.8) is 0 Å². The summed E-state index contributed by atoms with van der Waals surface area (Å²) in [4.78, 5) is 9.69. The summed E-state index contributed by atoms with van der Waals surface area (Å²) < 4.78 is 0. The third-order valence-corrected chi connectivity index (χ3v) is 0.682. The normalized spacial score (nSPS) is 9.74. The highest BCUT2D eigenvalue weighted by atomic mass is 15.1. The van der Waals surface area contributed by atoms with Gasteiger partial charge in [-0.3, -0.25) is 0 Å².